The van der Waals surface area contributed by atoms with E-state index in [4.69, 9.17) is 4.42 Å². The molecule has 0 N–H and O–H groups in total. The van der Waals surface area contributed by atoms with Gasteiger partial charge in [0.05, 0.1) is 5.39 Å². The van der Waals surface area contributed by atoms with Gasteiger partial charge >= 0.3 is 29.6 Å². The summed E-state index contributed by atoms with van der Waals surface area (Å²) in [6, 6.07) is 16.4. The monoisotopic (exact) mass is 330 g/mol. The molecule has 2 aromatic carbocycles. The third-order valence-electron chi connectivity index (χ3n) is 3.77. The fourth-order valence-corrected chi connectivity index (χ4v) is 2.60. The summed E-state index contributed by atoms with van der Waals surface area (Å²) in [6.45, 7) is 0. The van der Waals surface area contributed by atoms with Gasteiger partial charge in [0, 0.05) is 6.07 Å². The van der Waals surface area contributed by atoms with Crippen molar-refractivity contribution in [3.8, 4) is 0 Å². The Bertz CT molecular complexity index is 900. The second kappa shape index (κ2) is 8.29. The molecule has 0 aliphatic carbocycles. The van der Waals surface area contributed by atoms with Crippen molar-refractivity contribution in [2.45, 2.75) is 19.3 Å². The van der Waals surface area contributed by atoms with Crippen molar-refractivity contribution < 1.29 is 43.9 Å². The van der Waals surface area contributed by atoms with Crippen molar-refractivity contribution in [3.05, 3.63) is 81.7 Å². The number of rotatable bonds is 5. The molecule has 1 aromatic heterocycles. The first kappa shape index (κ1) is 18.5. The van der Waals surface area contributed by atoms with Crippen LogP contribution in [-0.4, -0.2) is 5.97 Å². The normalized spacial score (nSPS) is 10.3. The van der Waals surface area contributed by atoms with Gasteiger partial charge in [-0.05, 0) is 42.5 Å². The zero-order valence-corrected chi connectivity index (χ0v) is 15.5. The Labute approximate surface area is 161 Å². The maximum Gasteiger partial charge on any atom is 1.00 e. The number of benzene rings is 2. The molecule has 0 atom stereocenters. The van der Waals surface area contributed by atoms with Crippen LogP contribution in [0.4, 0.5) is 0 Å². The van der Waals surface area contributed by atoms with Gasteiger partial charge in [-0.15, -0.1) is 0 Å². The van der Waals surface area contributed by atoms with Crippen molar-refractivity contribution in [2.75, 3.05) is 0 Å². The van der Waals surface area contributed by atoms with Gasteiger partial charge in [-0.25, -0.2) is 0 Å². The SMILES string of the molecule is O=C([O-])c1cc(=O)c2cc(CCCc3ccccc3)ccc2o1.[Na+]. The summed E-state index contributed by atoms with van der Waals surface area (Å²) in [6.07, 6.45) is 2.78. The number of carbonyl (C=O) groups is 1. The van der Waals surface area contributed by atoms with Gasteiger partial charge in [0.1, 0.15) is 11.6 Å². The second-order valence-corrected chi connectivity index (χ2v) is 5.43. The predicted octanol–water partition coefficient (Wildman–Crippen LogP) is -0.664. The van der Waals surface area contributed by atoms with Crippen LogP contribution >= 0.6 is 0 Å². The standard InChI is InChI=1S/C19H16O4.Na/c20-16-12-18(19(21)22)23-17-10-9-14(11-15(16)17)8-4-7-13-5-2-1-3-6-13;/h1-3,5-6,9-12H,4,7-8H2,(H,21,22);/q;+1/p-1. The Hall–Kier alpha value is -1.88. The van der Waals surface area contributed by atoms with Crippen LogP contribution in [-0.2, 0) is 12.8 Å². The molecule has 0 aliphatic rings. The van der Waals surface area contributed by atoms with E-state index in [9.17, 15) is 14.7 Å². The first-order chi connectivity index (χ1) is 11.1. The maximum absolute atomic E-state index is 12.0. The van der Waals surface area contributed by atoms with E-state index < -0.39 is 11.7 Å². The summed E-state index contributed by atoms with van der Waals surface area (Å²) in [5.74, 6) is -1.93. The number of aryl methyl sites for hydroxylation is 2. The van der Waals surface area contributed by atoms with Crippen LogP contribution in [0.5, 0.6) is 0 Å². The van der Waals surface area contributed by atoms with Gasteiger partial charge in [-0.1, -0.05) is 36.4 Å². The summed E-state index contributed by atoms with van der Waals surface area (Å²) >= 11 is 0. The Morgan fingerprint density at radius 3 is 2.38 bits per heavy atom. The number of carboxylic acid groups (broad SMARTS) is 1. The summed E-state index contributed by atoms with van der Waals surface area (Å²) < 4.78 is 5.17. The molecule has 0 amide bonds. The number of aromatic carboxylic acids is 1. The molecule has 24 heavy (non-hydrogen) atoms. The van der Waals surface area contributed by atoms with E-state index in [0.29, 0.717) is 5.39 Å². The van der Waals surface area contributed by atoms with Crippen LogP contribution in [0.15, 0.2) is 63.8 Å². The van der Waals surface area contributed by atoms with Crippen LogP contribution in [0.25, 0.3) is 11.0 Å². The summed E-state index contributed by atoms with van der Waals surface area (Å²) in [7, 11) is 0. The van der Waals surface area contributed by atoms with Crippen molar-refractivity contribution in [2.24, 2.45) is 0 Å². The molecule has 0 saturated heterocycles. The fraction of sp³-hybridized carbons (Fsp3) is 0.158. The molecule has 0 bridgehead atoms. The number of hydrogen-bond acceptors (Lipinski definition) is 4. The van der Waals surface area contributed by atoms with Crippen LogP contribution in [0.1, 0.15) is 28.1 Å². The minimum atomic E-state index is -1.49. The minimum Gasteiger partial charge on any atom is -0.542 e. The van der Waals surface area contributed by atoms with Crippen molar-refractivity contribution in [3.63, 3.8) is 0 Å². The van der Waals surface area contributed by atoms with Gasteiger partial charge in [-0.2, -0.15) is 0 Å². The topological polar surface area (TPSA) is 70.3 Å². The van der Waals surface area contributed by atoms with Crippen LogP contribution in [0.3, 0.4) is 0 Å². The molecule has 3 aromatic rings. The number of carboxylic acids is 1. The molecule has 0 radical (unpaired) electrons. The fourth-order valence-electron chi connectivity index (χ4n) is 2.60. The van der Waals surface area contributed by atoms with Crippen LogP contribution < -0.4 is 40.1 Å². The number of hydrogen-bond donors (Lipinski definition) is 0. The Balaban J connectivity index is 0.00000208. The second-order valence-electron chi connectivity index (χ2n) is 5.43. The van der Waals surface area contributed by atoms with Crippen molar-refractivity contribution >= 4 is 16.9 Å². The van der Waals surface area contributed by atoms with Crippen molar-refractivity contribution in [1.82, 2.24) is 0 Å². The molecule has 4 nitrogen and oxygen atoms in total. The summed E-state index contributed by atoms with van der Waals surface area (Å²) in [5, 5.41) is 11.2. The quantitative estimate of drug-likeness (QED) is 0.582. The zero-order chi connectivity index (χ0) is 16.2. The van der Waals surface area contributed by atoms with Crippen molar-refractivity contribution in [1.29, 1.82) is 0 Å². The Morgan fingerprint density at radius 2 is 1.67 bits per heavy atom. The third kappa shape index (κ3) is 4.35. The molecule has 116 valence electrons. The number of carbonyl (C=O) groups excluding carboxylic acids is 1. The minimum absolute atomic E-state index is 0. The van der Waals surface area contributed by atoms with E-state index in [2.05, 4.69) is 12.1 Å². The molecule has 0 aliphatic heterocycles. The molecule has 0 unspecified atom stereocenters. The number of fused-ring (bicyclic) bond motifs is 1. The van der Waals surface area contributed by atoms with Gasteiger partial charge in [-0.3, -0.25) is 4.79 Å². The Morgan fingerprint density at radius 1 is 0.958 bits per heavy atom. The van der Waals surface area contributed by atoms with Gasteiger partial charge in [0.2, 0.25) is 0 Å². The molecular formula is C19H15NaO4. The van der Waals surface area contributed by atoms with E-state index in [1.165, 1.54) is 5.56 Å². The van der Waals surface area contributed by atoms with E-state index >= 15 is 0 Å². The average Bonchev–Trinajstić information content (AvgIpc) is 2.56. The average molecular weight is 330 g/mol. The van der Waals surface area contributed by atoms with Crippen LogP contribution in [0, 0.1) is 0 Å². The third-order valence-corrected chi connectivity index (χ3v) is 3.77. The van der Waals surface area contributed by atoms with Gasteiger partial charge < -0.3 is 14.3 Å². The Kier molecular flexibility index (Phi) is 6.37. The smallest absolute Gasteiger partial charge is 0.542 e. The van der Waals surface area contributed by atoms with E-state index in [0.717, 1.165) is 30.9 Å². The van der Waals surface area contributed by atoms with E-state index in [1.54, 1.807) is 12.1 Å². The van der Waals surface area contributed by atoms with Crippen LogP contribution in [0.2, 0.25) is 0 Å². The maximum atomic E-state index is 12.0. The largest absolute Gasteiger partial charge is 1.00 e. The summed E-state index contributed by atoms with van der Waals surface area (Å²) in [4.78, 5) is 22.8. The van der Waals surface area contributed by atoms with Gasteiger partial charge in [0.15, 0.2) is 11.2 Å². The molecule has 0 spiro atoms. The van der Waals surface area contributed by atoms with E-state index in [-0.39, 0.29) is 40.6 Å². The predicted molar refractivity (Wildman–Crippen MR) is 85.3 cm³/mol. The zero-order valence-electron chi connectivity index (χ0n) is 13.5. The molecule has 5 heteroatoms. The molecule has 0 fully saturated rings. The molecule has 0 saturated carbocycles. The van der Waals surface area contributed by atoms with Gasteiger partial charge in [0.25, 0.3) is 0 Å². The molecule has 3 rings (SSSR count). The first-order valence-corrected chi connectivity index (χ1v) is 7.45. The first-order valence-electron chi connectivity index (χ1n) is 7.45. The van der Waals surface area contributed by atoms with E-state index in [1.807, 2.05) is 24.3 Å². The molecular weight excluding hydrogens is 315 g/mol. The summed E-state index contributed by atoms with van der Waals surface area (Å²) in [5.41, 5.74) is 2.22. The molecule has 1 heterocycles.